The van der Waals surface area contributed by atoms with Gasteiger partial charge in [0.15, 0.2) is 0 Å². The van der Waals surface area contributed by atoms with Crippen LogP contribution >= 0.6 is 0 Å². The maximum atomic E-state index is 2.44. The quantitative estimate of drug-likeness (QED) is 0.144. The molecule has 9 aromatic carbocycles. The number of fused-ring (bicyclic) bond motifs is 4. The van der Waals surface area contributed by atoms with Gasteiger partial charge >= 0.3 is 0 Å². The number of anilines is 5. The summed E-state index contributed by atoms with van der Waals surface area (Å²) >= 11 is 0. The van der Waals surface area contributed by atoms with Gasteiger partial charge in [-0.15, -0.1) is 0 Å². The fraction of sp³-hybridized carbons (Fsp3) is 0.0370. The molecule has 0 amide bonds. The lowest BCUT2D eigenvalue weighted by atomic mass is 9.94. The summed E-state index contributed by atoms with van der Waals surface area (Å²) in [5.74, 6) is 0. The molecule has 0 radical (unpaired) electrons. The molecule has 0 fully saturated rings. The van der Waals surface area contributed by atoms with Gasteiger partial charge < -0.3 is 9.80 Å². The summed E-state index contributed by atoms with van der Waals surface area (Å²) in [6, 6.07) is 72.6. The summed E-state index contributed by atoms with van der Waals surface area (Å²) in [6.45, 7) is 0. The number of hydrogen-bond acceptors (Lipinski definition) is 2. The summed E-state index contributed by atoms with van der Waals surface area (Å²) in [5.41, 5.74) is 12.1. The molecule has 9 aromatic rings. The first-order chi connectivity index (χ1) is 27.7. The lowest BCUT2D eigenvalue weighted by Gasteiger charge is -2.31. The second kappa shape index (κ2) is 14.6. The third-order valence-electron chi connectivity index (χ3n) is 11.1. The first kappa shape index (κ1) is 33.4. The van der Waals surface area contributed by atoms with Crippen molar-refractivity contribution < 1.29 is 0 Å². The highest BCUT2D eigenvalue weighted by Crippen LogP contribution is 2.39. The molecule has 0 aliphatic heterocycles. The molecule has 0 unspecified atom stereocenters. The molecule has 1 aliphatic carbocycles. The van der Waals surface area contributed by atoms with Crippen molar-refractivity contribution in [2.75, 3.05) is 9.80 Å². The van der Waals surface area contributed by atoms with Gasteiger partial charge in [0.2, 0.25) is 0 Å². The number of aryl methyl sites for hydroxylation is 1. The maximum Gasteiger partial charge on any atom is 0.0468 e. The van der Waals surface area contributed by atoms with Crippen LogP contribution in [0, 0.1) is 0 Å². The van der Waals surface area contributed by atoms with E-state index in [9.17, 15) is 0 Å². The van der Waals surface area contributed by atoms with Crippen LogP contribution in [0.3, 0.4) is 0 Å². The van der Waals surface area contributed by atoms with Crippen molar-refractivity contribution in [1.82, 2.24) is 0 Å². The number of benzene rings is 9. The second-order valence-electron chi connectivity index (χ2n) is 14.6. The number of rotatable bonds is 8. The molecule has 0 atom stereocenters. The molecule has 1 aliphatic rings. The normalized spacial score (nSPS) is 12.5. The topological polar surface area (TPSA) is 6.48 Å². The zero-order chi connectivity index (χ0) is 37.3. The predicted octanol–water partition coefficient (Wildman–Crippen LogP) is 14.9. The summed E-state index contributed by atoms with van der Waals surface area (Å²) in [6.07, 6.45) is 8.80. The summed E-state index contributed by atoms with van der Waals surface area (Å²) in [4.78, 5) is 4.79. The Morgan fingerprint density at radius 1 is 0.321 bits per heavy atom. The molecule has 10 rings (SSSR count). The zero-order valence-electron chi connectivity index (χ0n) is 31.1. The first-order valence-corrected chi connectivity index (χ1v) is 19.5. The van der Waals surface area contributed by atoms with Crippen LogP contribution < -0.4 is 9.80 Å². The van der Waals surface area contributed by atoms with E-state index < -0.39 is 0 Å². The van der Waals surface area contributed by atoms with Crippen LogP contribution in [0.25, 0.3) is 50.5 Å². The number of allylic oxidation sites excluding steroid dienone is 1. The molecule has 56 heavy (non-hydrogen) atoms. The number of nitrogens with zero attached hydrogens (tertiary/aromatic N) is 2. The van der Waals surface area contributed by atoms with Crippen molar-refractivity contribution in [3.05, 3.63) is 228 Å². The highest BCUT2D eigenvalue weighted by atomic mass is 15.2. The Bertz CT molecular complexity index is 2840. The van der Waals surface area contributed by atoms with Crippen LogP contribution in [0.1, 0.15) is 28.7 Å². The van der Waals surface area contributed by atoms with E-state index >= 15 is 0 Å². The summed E-state index contributed by atoms with van der Waals surface area (Å²) in [7, 11) is 0. The largest absolute Gasteiger partial charge is 0.314 e. The molecule has 2 nitrogen and oxygen atoms in total. The van der Waals surface area contributed by atoms with Crippen LogP contribution in [0.2, 0.25) is 0 Å². The van der Waals surface area contributed by atoms with E-state index in [4.69, 9.17) is 0 Å². The van der Waals surface area contributed by atoms with Crippen LogP contribution in [0.4, 0.5) is 28.4 Å². The Labute approximate surface area is 328 Å². The van der Waals surface area contributed by atoms with E-state index in [0.29, 0.717) is 0 Å². The molecular weight excluding hydrogens is 677 g/mol. The molecule has 2 heteroatoms. The van der Waals surface area contributed by atoms with Gasteiger partial charge in [-0.25, -0.2) is 0 Å². The van der Waals surface area contributed by atoms with Gasteiger partial charge in [-0.1, -0.05) is 152 Å². The predicted molar refractivity (Wildman–Crippen MR) is 240 cm³/mol. The van der Waals surface area contributed by atoms with Crippen molar-refractivity contribution in [2.45, 2.75) is 12.8 Å². The van der Waals surface area contributed by atoms with Crippen molar-refractivity contribution in [1.29, 1.82) is 0 Å². The average Bonchev–Trinajstić information content (AvgIpc) is 3.26. The van der Waals surface area contributed by atoms with Gasteiger partial charge in [-0.2, -0.15) is 0 Å². The Morgan fingerprint density at radius 2 is 0.714 bits per heavy atom. The summed E-state index contributed by atoms with van der Waals surface area (Å²) < 4.78 is 0. The van der Waals surface area contributed by atoms with E-state index in [0.717, 1.165) is 46.7 Å². The van der Waals surface area contributed by atoms with E-state index in [-0.39, 0.29) is 0 Å². The van der Waals surface area contributed by atoms with Gasteiger partial charge in [0, 0.05) is 34.1 Å². The monoisotopic (exact) mass is 716 g/mol. The molecule has 0 bridgehead atoms. The average molecular weight is 717 g/mol. The maximum absolute atomic E-state index is 2.44. The van der Waals surface area contributed by atoms with E-state index in [1.807, 2.05) is 0 Å². The van der Waals surface area contributed by atoms with Crippen LogP contribution in [0.15, 0.2) is 206 Å². The molecule has 0 spiro atoms. The third-order valence-corrected chi connectivity index (χ3v) is 11.1. The minimum Gasteiger partial charge on any atom is -0.314 e. The molecule has 266 valence electrons. The Morgan fingerprint density at radius 3 is 1.21 bits per heavy atom. The first-order valence-electron chi connectivity index (χ1n) is 19.5. The Hall–Kier alpha value is -7.16. The van der Waals surface area contributed by atoms with Crippen molar-refractivity contribution in [3.63, 3.8) is 0 Å². The van der Waals surface area contributed by atoms with Gasteiger partial charge in [-0.05, 0) is 134 Å². The van der Waals surface area contributed by atoms with Crippen LogP contribution in [-0.2, 0) is 6.42 Å². The third kappa shape index (κ3) is 6.63. The fourth-order valence-corrected chi connectivity index (χ4v) is 8.13. The van der Waals surface area contributed by atoms with Gasteiger partial charge in [0.05, 0.1) is 0 Å². The lowest BCUT2D eigenvalue weighted by molar-refractivity contribution is 0.894. The molecular formula is C54H40N2. The highest BCUT2D eigenvalue weighted by Gasteiger charge is 2.20. The molecule has 0 N–H and O–H groups in total. The van der Waals surface area contributed by atoms with Gasteiger partial charge in [0.25, 0.3) is 0 Å². The van der Waals surface area contributed by atoms with E-state index in [2.05, 4.69) is 228 Å². The van der Waals surface area contributed by atoms with Gasteiger partial charge in [-0.3, -0.25) is 0 Å². The summed E-state index contributed by atoms with van der Waals surface area (Å²) in [5, 5.41) is 7.42. The van der Waals surface area contributed by atoms with Gasteiger partial charge in [0.1, 0.15) is 0 Å². The standard InChI is InChI=1S/C54H40N2/c1-5-13-45-35-51(31-23-41(45)9-1)55(52-32-24-42-10-2-6-14-46(42)36-52)49-27-19-39(20-28-49)17-18-40-21-29-50(30-22-40)56(53-33-25-43-11-3-7-15-47(43)37-53)54-34-26-44-12-4-8-16-48(44)38-54/h1-25,27-33,35-38H,26,34H2. The molecule has 0 aromatic heterocycles. The van der Waals surface area contributed by atoms with Crippen molar-refractivity contribution >= 4 is 79.0 Å². The molecule has 0 saturated heterocycles. The zero-order valence-corrected chi connectivity index (χ0v) is 31.1. The lowest BCUT2D eigenvalue weighted by Crippen LogP contribution is -2.19. The Kier molecular flexibility index (Phi) is 8.70. The van der Waals surface area contributed by atoms with E-state index in [1.165, 1.54) is 54.8 Å². The van der Waals surface area contributed by atoms with Crippen LogP contribution in [0.5, 0.6) is 0 Å². The second-order valence-corrected chi connectivity index (χ2v) is 14.6. The smallest absolute Gasteiger partial charge is 0.0468 e. The van der Waals surface area contributed by atoms with Crippen LogP contribution in [-0.4, -0.2) is 0 Å². The SMILES string of the molecule is C(=Cc1ccc(N(c2ccc3ccccc3c2)c2ccc3ccccc3c2)cc1)c1ccc(N(C2=Cc3ccccc3CC2)c2ccc3ccccc3c2)cc1. The minimum absolute atomic E-state index is 0.987. The Balaban J connectivity index is 0.946. The highest BCUT2D eigenvalue weighted by molar-refractivity contribution is 5.93. The van der Waals surface area contributed by atoms with Crippen molar-refractivity contribution in [3.8, 4) is 0 Å². The fourth-order valence-electron chi connectivity index (χ4n) is 8.13. The molecule has 0 saturated carbocycles. The van der Waals surface area contributed by atoms with E-state index in [1.54, 1.807) is 0 Å². The minimum atomic E-state index is 0.987. The molecule has 0 heterocycles. The van der Waals surface area contributed by atoms with Crippen molar-refractivity contribution in [2.24, 2.45) is 0 Å². The number of hydrogen-bond donors (Lipinski definition) is 0.